The zero-order valence-corrected chi connectivity index (χ0v) is 11.5. The van der Waals surface area contributed by atoms with Crippen LogP contribution in [0.1, 0.15) is 25.8 Å². The van der Waals surface area contributed by atoms with Crippen LogP contribution in [0, 0.1) is 11.7 Å². The van der Waals surface area contributed by atoms with Gasteiger partial charge in [-0.3, -0.25) is 9.59 Å². The van der Waals surface area contributed by atoms with E-state index < -0.39 is 29.1 Å². The van der Waals surface area contributed by atoms with Crippen molar-refractivity contribution in [2.75, 3.05) is 13.2 Å². The number of ether oxygens (including phenoxy) is 2. The van der Waals surface area contributed by atoms with E-state index in [1.165, 1.54) is 12.1 Å². The standard InChI is InChI=1S/C15H17FO4/c1-3-19-13(17)11-9-15(11,14(18)20-4-2)10-7-5-6-8-12(10)16/h5-8,11H,3-4,9H2,1-2H3/t11-,15+/m1/s1. The molecule has 1 aromatic rings. The van der Waals surface area contributed by atoms with E-state index in [9.17, 15) is 14.0 Å². The number of carbonyl (C=O) groups is 2. The van der Waals surface area contributed by atoms with Crippen LogP contribution in [0.3, 0.4) is 0 Å². The number of halogens is 1. The molecule has 0 aliphatic heterocycles. The van der Waals surface area contributed by atoms with Crippen LogP contribution in [0.25, 0.3) is 0 Å². The van der Waals surface area contributed by atoms with Gasteiger partial charge in [-0.1, -0.05) is 18.2 Å². The van der Waals surface area contributed by atoms with Gasteiger partial charge >= 0.3 is 11.9 Å². The Balaban J connectivity index is 2.36. The molecule has 0 heterocycles. The molecule has 0 radical (unpaired) electrons. The van der Waals surface area contributed by atoms with E-state index in [0.29, 0.717) is 0 Å². The highest BCUT2D eigenvalue weighted by Gasteiger charge is 2.67. The maximum atomic E-state index is 14.0. The number of benzene rings is 1. The normalized spacial score (nSPS) is 24.1. The minimum absolute atomic E-state index is 0.185. The minimum atomic E-state index is -1.23. The van der Waals surface area contributed by atoms with E-state index in [0.717, 1.165) is 0 Å². The van der Waals surface area contributed by atoms with E-state index >= 15 is 0 Å². The van der Waals surface area contributed by atoms with Crippen molar-refractivity contribution in [3.05, 3.63) is 35.6 Å². The summed E-state index contributed by atoms with van der Waals surface area (Å²) in [6.45, 7) is 3.78. The smallest absolute Gasteiger partial charge is 0.317 e. The Morgan fingerprint density at radius 1 is 1.25 bits per heavy atom. The third kappa shape index (κ3) is 2.28. The summed E-state index contributed by atoms with van der Waals surface area (Å²) < 4.78 is 24.0. The third-order valence-corrected chi connectivity index (χ3v) is 3.53. The first kappa shape index (κ1) is 14.5. The van der Waals surface area contributed by atoms with Gasteiger partial charge in [0.15, 0.2) is 0 Å². The summed E-state index contributed by atoms with van der Waals surface area (Å²) in [7, 11) is 0. The fourth-order valence-corrected chi connectivity index (χ4v) is 2.51. The van der Waals surface area contributed by atoms with Gasteiger partial charge in [0.2, 0.25) is 0 Å². The molecule has 4 nitrogen and oxygen atoms in total. The SMILES string of the molecule is CCOC(=O)[C@H]1C[C@]1(C(=O)OCC)c1ccccc1F. The van der Waals surface area contributed by atoms with Crippen molar-refractivity contribution in [3.8, 4) is 0 Å². The molecule has 1 saturated carbocycles. The van der Waals surface area contributed by atoms with Crippen LogP contribution in [0.4, 0.5) is 4.39 Å². The molecule has 2 rings (SSSR count). The van der Waals surface area contributed by atoms with E-state index in [2.05, 4.69) is 0 Å². The molecular weight excluding hydrogens is 263 g/mol. The van der Waals surface area contributed by atoms with Gasteiger partial charge in [0.25, 0.3) is 0 Å². The summed E-state index contributed by atoms with van der Waals surface area (Å²) in [6, 6.07) is 5.97. The Morgan fingerprint density at radius 2 is 1.90 bits per heavy atom. The molecule has 1 aliphatic rings. The van der Waals surface area contributed by atoms with Crippen molar-refractivity contribution in [1.29, 1.82) is 0 Å². The first-order valence-electron chi connectivity index (χ1n) is 6.66. The van der Waals surface area contributed by atoms with Crippen LogP contribution in [-0.2, 0) is 24.5 Å². The number of esters is 2. The maximum absolute atomic E-state index is 14.0. The highest BCUT2D eigenvalue weighted by molar-refractivity contribution is 5.96. The summed E-state index contributed by atoms with van der Waals surface area (Å²) in [4.78, 5) is 24.1. The molecule has 0 N–H and O–H groups in total. The lowest BCUT2D eigenvalue weighted by Crippen LogP contribution is -2.29. The van der Waals surface area contributed by atoms with Crippen molar-refractivity contribution >= 4 is 11.9 Å². The van der Waals surface area contributed by atoms with E-state index in [1.54, 1.807) is 26.0 Å². The minimum Gasteiger partial charge on any atom is -0.466 e. The summed E-state index contributed by atoms with van der Waals surface area (Å²) in [6.07, 6.45) is 0.228. The van der Waals surface area contributed by atoms with Crippen LogP contribution < -0.4 is 0 Å². The average molecular weight is 280 g/mol. The van der Waals surface area contributed by atoms with Gasteiger partial charge < -0.3 is 9.47 Å². The highest BCUT2D eigenvalue weighted by atomic mass is 19.1. The van der Waals surface area contributed by atoms with Crippen LogP contribution in [0.2, 0.25) is 0 Å². The number of hydrogen-bond acceptors (Lipinski definition) is 4. The summed E-state index contributed by atoms with van der Waals surface area (Å²) in [5.41, 5.74) is -1.02. The molecule has 0 unspecified atom stereocenters. The number of rotatable bonds is 5. The largest absolute Gasteiger partial charge is 0.466 e. The Bertz CT molecular complexity index is 528. The molecule has 2 atom stereocenters. The molecule has 108 valence electrons. The molecule has 20 heavy (non-hydrogen) atoms. The fraction of sp³-hybridized carbons (Fsp3) is 0.467. The Hall–Kier alpha value is -1.91. The van der Waals surface area contributed by atoms with Gasteiger partial charge in [0.05, 0.1) is 19.1 Å². The highest BCUT2D eigenvalue weighted by Crippen LogP contribution is 2.56. The molecule has 1 aliphatic carbocycles. The van der Waals surface area contributed by atoms with Crippen LogP contribution >= 0.6 is 0 Å². The van der Waals surface area contributed by atoms with E-state index in [-0.39, 0.29) is 25.2 Å². The molecule has 1 aromatic carbocycles. The zero-order valence-electron chi connectivity index (χ0n) is 11.5. The van der Waals surface area contributed by atoms with Gasteiger partial charge in [0, 0.05) is 5.56 Å². The summed E-state index contributed by atoms with van der Waals surface area (Å²) >= 11 is 0. The van der Waals surface area contributed by atoms with Crippen molar-refractivity contribution < 1.29 is 23.5 Å². The first-order valence-corrected chi connectivity index (χ1v) is 6.66. The molecule has 0 spiro atoms. The van der Waals surface area contributed by atoms with Gasteiger partial charge in [-0.15, -0.1) is 0 Å². The summed E-state index contributed by atoms with van der Waals surface area (Å²) in [5, 5.41) is 0. The predicted molar refractivity (Wildman–Crippen MR) is 69.5 cm³/mol. The van der Waals surface area contributed by atoms with Gasteiger partial charge in [-0.05, 0) is 26.3 Å². The van der Waals surface area contributed by atoms with Crippen molar-refractivity contribution in [2.24, 2.45) is 5.92 Å². The Morgan fingerprint density at radius 3 is 2.50 bits per heavy atom. The molecule has 0 saturated heterocycles. The lowest BCUT2D eigenvalue weighted by molar-refractivity contribution is -0.152. The molecule has 0 amide bonds. The van der Waals surface area contributed by atoms with Gasteiger partial charge in [0.1, 0.15) is 11.2 Å². The van der Waals surface area contributed by atoms with Crippen LogP contribution in [-0.4, -0.2) is 25.2 Å². The average Bonchev–Trinajstić information content (AvgIpc) is 3.16. The maximum Gasteiger partial charge on any atom is 0.317 e. The van der Waals surface area contributed by atoms with Crippen molar-refractivity contribution in [3.63, 3.8) is 0 Å². The second kappa shape index (κ2) is 5.61. The quantitative estimate of drug-likeness (QED) is 0.776. The predicted octanol–water partition coefficient (Wildman–Crippen LogP) is 2.21. The van der Waals surface area contributed by atoms with Gasteiger partial charge in [-0.25, -0.2) is 4.39 Å². The monoisotopic (exact) mass is 280 g/mol. The van der Waals surface area contributed by atoms with Crippen LogP contribution in [0.15, 0.2) is 24.3 Å². The first-order chi connectivity index (χ1) is 9.57. The lowest BCUT2D eigenvalue weighted by Gasteiger charge is -2.16. The van der Waals surface area contributed by atoms with E-state index in [4.69, 9.17) is 9.47 Å². The fourth-order valence-electron chi connectivity index (χ4n) is 2.51. The molecular formula is C15H17FO4. The molecule has 1 fully saturated rings. The Labute approximate surface area is 116 Å². The third-order valence-electron chi connectivity index (χ3n) is 3.53. The van der Waals surface area contributed by atoms with Crippen LogP contribution in [0.5, 0.6) is 0 Å². The molecule has 5 heteroatoms. The molecule has 0 bridgehead atoms. The molecule has 0 aromatic heterocycles. The second-order valence-electron chi connectivity index (χ2n) is 4.68. The lowest BCUT2D eigenvalue weighted by atomic mass is 9.92. The zero-order chi connectivity index (χ0) is 14.8. The second-order valence-corrected chi connectivity index (χ2v) is 4.68. The van der Waals surface area contributed by atoms with Crippen molar-refractivity contribution in [2.45, 2.75) is 25.7 Å². The number of carbonyl (C=O) groups excluding carboxylic acids is 2. The van der Waals surface area contributed by atoms with E-state index in [1.807, 2.05) is 0 Å². The summed E-state index contributed by atoms with van der Waals surface area (Å²) in [5.74, 6) is -2.22. The Kier molecular flexibility index (Phi) is 4.06. The number of hydrogen-bond donors (Lipinski definition) is 0. The topological polar surface area (TPSA) is 52.6 Å². The van der Waals surface area contributed by atoms with Gasteiger partial charge in [-0.2, -0.15) is 0 Å². The van der Waals surface area contributed by atoms with Crippen molar-refractivity contribution in [1.82, 2.24) is 0 Å².